The summed E-state index contributed by atoms with van der Waals surface area (Å²) in [5.74, 6) is -0.701. The van der Waals surface area contributed by atoms with Crippen molar-refractivity contribution in [2.75, 3.05) is 5.75 Å². The smallest absolute Gasteiger partial charge is 0.267 e. The Morgan fingerprint density at radius 1 is 1.09 bits per heavy atom. The molecular formula is C23H14ClF3N4O3S. The van der Waals surface area contributed by atoms with Crippen molar-refractivity contribution in [2.24, 2.45) is 0 Å². The summed E-state index contributed by atoms with van der Waals surface area (Å²) in [7, 11) is -3.97. The maximum atomic E-state index is 13.2. The lowest BCUT2D eigenvalue weighted by Gasteiger charge is -2.13. The SMILES string of the molecule is CCS(=O)(=O)c1cc(-c2cc(Cl)cc(C#N)c2)cnc1-n1ncc2ccc(C(F)(F)F)cc2c1=O. The first-order chi connectivity index (χ1) is 16.4. The van der Waals surface area contributed by atoms with Crippen LogP contribution in [-0.4, -0.2) is 28.9 Å². The molecule has 0 fully saturated rings. The highest BCUT2D eigenvalue weighted by Gasteiger charge is 2.31. The van der Waals surface area contributed by atoms with E-state index >= 15 is 0 Å². The minimum Gasteiger partial charge on any atom is -0.267 e. The van der Waals surface area contributed by atoms with Crippen molar-refractivity contribution in [3.8, 4) is 23.0 Å². The average Bonchev–Trinajstić information content (AvgIpc) is 2.83. The molecule has 178 valence electrons. The third-order valence-corrected chi connectivity index (χ3v) is 7.17. The number of nitriles is 1. The first kappa shape index (κ1) is 24.4. The zero-order valence-electron chi connectivity index (χ0n) is 17.8. The molecule has 7 nitrogen and oxygen atoms in total. The zero-order valence-corrected chi connectivity index (χ0v) is 19.4. The molecule has 0 aliphatic heterocycles. The molecule has 0 N–H and O–H groups in total. The van der Waals surface area contributed by atoms with Crippen LogP contribution in [0.4, 0.5) is 13.2 Å². The molecule has 0 saturated carbocycles. The number of benzene rings is 2. The molecule has 0 radical (unpaired) electrons. The van der Waals surface area contributed by atoms with Crippen molar-refractivity contribution in [3.05, 3.63) is 81.4 Å². The lowest BCUT2D eigenvalue weighted by Crippen LogP contribution is -2.25. The van der Waals surface area contributed by atoms with Crippen LogP contribution in [0.1, 0.15) is 18.1 Å². The number of hydrogen-bond donors (Lipinski definition) is 0. The fourth-order valence-corrected chi connectivity index (χ4v) is 4.70. The topological polar surface area (TPSA) is 106 Å². The number of aromatic nitrogens is 3. The lowest BCUT2D eigenvalue weighted by atomic mass is 10.1. The summed E-state index contributed by atoms with van der Waals surface area (Å²) in [6.45, 7) is 1.39. The van der Waals surface area contributed by atoms with E-state index in [0.29, 0.717) is 21.9 Å². The highest BCUT2D eigenvalue weighted by molar-refractivity contribution is 7.91. The number of nitrogens with zero attached hydrogens (tertiary/aromatic N) is 4. The lowest BCUT2D eigenvalue weighted by molar-refractivity contribution is -0.137. The Hall–Kier alpha value is -3.75. The van der Waals surface area contributed by atoms with Crippen LogP contribution < -0.4 is 5.56 Å². The van der Waals surface area contributed by atoms with Crippen molar-refractivity contribution in [3.63, 3.8) is 0 Å². The van der Waals surface area contributed by atoms with Gasteiger partial charge in [0.05, 0.1) is 34.5 Å². The fourth-order valence-electron chi connectivity index (χ4n) is 3.43. The molecule has 35 heavy (non-hydrogen) atoms. The van der Waals surface area contributed by atoms with Crippen molar-refractivity contribution < 1.29 is 21.6 Å². The van der Waals surface area contributed by atoms with Crippen molar-refractivity contribution >= 4 is 32.2 Å². The normalized spacial score (nSPS) is 12.0. The van der Waals surface area contributed by atoms with Crippen LogP contribution in [0.2, 0.25) is 5.02 Å². The highest BCUT2D eigenvalue weighted by Crippen LogP contribution is 2.31. The molecule has 0 unspecified atom stereocenters. The Balaban J connectivity index is 1.98. The molecule has 4 rings (SSSR count). The monoisotopic (exact) mass is 518 g/mol. The van der Waals surface area contributed by atoms with E-state index in [4.69, 9.17) is 11.6 Å². The van der Waals surface area contributed by atoms with Gasteiger partial charge in [-0.25, -0.2) is 13.4 Å². The van der Waals surface area contributed by atoms with Crippen LogP contribution in [0.25, 0.3) is 27.7 Å². The van der Waals surface area contributed by atoms with E-state index in [0.717, 1.165) is 18.3 Å². The van der Waals surface area contributed by atoms with E-state index in [2.05, 4.69) is 10.1 Å². The number of hydrogen-bond acceptors (Lipinski definition) is 6. The van der Waals surface area contributed by atoms with Gasteiger partial charge in [0, 0.05) is 22.2 Å². The maximum absolute atomic E-state index is 13.2. The van der Waals surface area contributed by atoms with Gasteiger partial charge in [0.2, 0.25) is 0 Å². The van der Waals surface area contributed by atoms with E-state index < -0.39 is 27.1 Å². The standard InChI is InChI=1S/C23H14ClF3N4O3S/c1-2-35(33,34)20-8-16(15-5-13(10-28)6-18(24)7-15)11-29-21(20)31-22(32)19-9-17(23(25,26)27)4-3-14(19)12-30-31/h3-9,11-12H,2H2,1H3. The average molecular weight is 519 g/mol. The fraction of sp³-hybridized carbons (Fsp3) is 0.130. The van der Waals surface area contributed by atoms with Gasteiger partial charge < -0.3 is 0 Å². The van der Waals surface area contributed by atoms with E-state index in [-0.39, 0.29) is 37.8 Å². The number of rotatable bonds is 4. The summed E-state index contributed by atoms with van der Waals surface area (Å²) in [6.07, 6.45) is -2.25. The van der Waals surface area contributed by atoms with Gasteiger partial charge in [0.1, 0.15) is 4.90 Å². The summed E-state index contributed by atoms with van der Waals surface area (Å²) >= 11 is 6.06. The summed E-state index contributed by atoms with van der Waals surface area (Å²) in [6, 6.07) is 10.3. The molecular weight excluding hydrogens is 505 g/mol. The predicted octanol–water partition coefficient (Wildman–Crippen LogP) is 4.79. The van der Waals surface area contributed by atoms with E-state index in [1.165, 1.54) is 37.4 Å². The Morgan fingerprint density at radius 2 is 1.83 bits per heavy atom. The van der Waals surface area contributed by atoms with Crippen LogP contribution in [0.15, 0.2) is 64.5 Å². The Bertz CT molecular complexity index is 1690. The number of fused-ring (bicyclic) bond motifs is 1. The maximum Gasteiger partial charge on any atom is 0.416 e. The van der Waals surface area contributed by atoms with E-state index in [1.54, 1.807) is 0 Å². The second-order valence-corrected chi connectivity index (χ2v) is 10.1. The van der Waals surface area contributed by atoms with Crippen LogP contribution >= 0.6 is 11.6 Å². The molecule has 0 aliphatic carbocycles. The number of sulfone groups is 1. The summed E-state index contributed by atoms with van der Waals surface area (Å²) < 4.78 is 66.0. The molecule has 0 spiro atoms. The molecule has 12 heteroatoms. The van der Waals surface area contributed by atoms with Crippen molar-refractivity contribution in [2.45, 2.75) is 18.0 Å². The molecule has 0 bridgehead atoms. The number of halogens is 4. The van der Waals surface area contributed by atoms with Gasteiger partial charge in [0.25, 0.3) is 5.56 Å². The third kappa shape index (κ3) is 4.62. The summed E-state index contributed by atoms with van der Waals surface area (Å²) in [4.78, 5) is 16.9. The van der Waals surface area contributed by atoms with Crippen LogP contribution in [0.5, 0.6) is 0 Å². The van der Waals surface area contributed by atoms with Gasteiger partial charge in [-0.1, -0.05) is 24.6 Å². The molecule has 2 heterocycles. The Labute approximate surface area is 202 Å². The van der Waals surface area contributed by atoms with Gasteiger partial charge in [-0.15, -0.1) is 0 Å². The van der Waals surface area contributed by atoms with E-state index in [9.17, 15) is 31.6 Å². The van der Waals surface area contributed by atoms with Crippen molar-refractivity contribution in [1.82, 2.24) is 14.8 Å². The zero-order chi connectivity index (χ0) is 25.5. The molecule has 4 aromatic rings. The molecule has 0 atom stereocenters. The largest absolute Gasteiger partial charge is 0.416 e. The minimum atomic E-state index is -4.68. The second kappa shape index (κ2) is 8.79. The second-order valence-electron chi connectivity index (χ2n) is 7.45. The van der Waals surface area contributed by atoms with Gasteiger partial charge in [-0.05, 0) is 42.0 Å². The Morgan fingerprint density at radius 3 is 2.49 bits per heavy atom. The van der Waals surface area contributed by atoms with Crippen molar-refractivity contribution in [1.29, 1.82) is 5.26 Å². The van der Waals surface area contributed by atoms with Crippen LogP contribution in [0.3, 0.4) is 0 Å². The van der Waals surface area contributed by atoms with Gasteiger partial charge in [0.15, 0.2) is 15.7 Å². The summed E-state index contributed by atoms with van der Waals surface area (Å²) in [5.41, 5.74) is -1.04. The molecule has 2 aromatic carbocycles. The van der Waals surface area contributed by atoms with Gasteiger partial charge >= 0.3 is 6.18 Å². The van der Waals surface area contributed by atoms with E-state index in [1.807, 2.05) is 6.07 Å². The molecule has 2 aromatic heterocycles. The predicted molar refractivity (Wildman–Crippen MR) is 123 cm³/mol. The number of pyridine rings is 1. The molecule has 0 aliphatic rings. The first-order valence-corrected chi connectivity index (χ1v) is 12.0. The van der Waals surface area contributed by atoms with Gasteiger partial charge in [-0.3, -0.25) is 4.79 Å². The Kier molecular flexibility index (Phi) is 6.12. The number of alkyl halides is 3. The minimum absolute atomic E-state index is 0.152. The van der Waals surface area contributed by atoms with Crippen LogP contribution in [-0.2, 0) is 16.0 Å². The third-order valence-electron chi connectivity index (χ3n) is 5.22. The molecule has 0 amide bonds. The quantitative estimate of drug-likeness (QED) is 0.385. The van der Waals surface area contributed by atoms with Gasteiger partial charge in [-0.2, -0.15) is 28.2 Å². The highest BCUT2D eigenvalue weighted by atomic mass is 35.5. The first-order valence-electron chi connectivity index (χ1n) is 9.98. The molecule has 0 saturated heterocycles. The summed E-state index contributed by atoms with van der Waals surface area (Å²) in [5, 5.41) is 13.3. The van der Waals surface area contributed by atoms with Crippen LogP contribution in [0, 0.1) is 11.3 Å².